The van der Waals surface area contributed by atoms with Crippen molar-refractivity contribution < 1.29 is 18.3 Å². The summed E-state index contributed by atoms with van der Waals surface area (Å²) in [4.78, 5) is 12.1. The molecule has 0 aromatic heterocycles. The predicted molar refractivity (Wildman–Crippen MR) is 103 cm³/mol. The van der Waals surface area contributed by atoms with E-state index in [0.29, 0.717) is 16.9 Å². The molecule has 0 aliphatic carbocycles. The van der Waals surface area contributed by atoms with Crippen LogP contribution in [0.15, 0.2) is 71.8 Å². The Morgan fingerprint density at radius 2 is 1.83 bits per heavy atom. The van der Waals surface area contributed by atoms with Crippen LogP contribution in [0.2, 0.25) is 0 Å². The minimum absolute atomic E-state index is 0.0281. The standard InChI is InChI=1S/C22H15F2N3O2/c23-19-7-3-1-6-17(19)14-29-21-8-4-2-5-16(21)13-26-27-22(28)18-10-9-15(12-25)11-20(18)24/h1-11,13H,14H2,(H,27,28). The van der Waals surface area contributed by atoms with E-state index >= 15 is 0 Å². The average molecular weight is 391 g/mol. The molecule has 0 aliphatic heterocycles. The Morgan fingerprint density at radius 1 is 1.07 bits per heavy atom. The molecule has 0 heterocycles. The highest BCUT2D eigenvalue weighted by molar-refractivity contribution is 5.95. The zero-order valence-electron chi connectivity index (χ0n) is 15.1. The first-order chi connectivity index (χ1) is 14.1. The number of benzene rings is 3. The minimum atomic E-state index is -0.814. The number of hydrogen-bond acceptors (Lipinski definition) is 4. The number of halogens is 2. The maximum Gasteiger partial charge on any atom is 0.274 e. The number of nitriles is 1. The third kappa shape index (κ3) is 5.02. The molecule has 29 heavy (non-hydrogen) atoms. The lowest BCUT2D eigenvalue weighted by atomic mass is 10.1. The van der Waals surface area contributed by atoms with E-state index in [1.54, 1.807) is 48.5 Å². The van der Waals surface area contributed by atoms with E-state index in [2.05, 4.69) is 10.5 Å². The zero-order valence-corrected chi connectivity index (χ0v) is 15.1. The maximum atomic E-state index is 13.9. The van der Waals surface area contributed by atoms with Gasteiger partial charge in [0.1, 0.15) is 24.0 Å². The Hall–Kier alpha value is -4.05. The largest absolute Gasteiger partial charge is 0.488 e. The Kier molecular flexibility index (Phi) is 6.28. The summed E-state index contributed by atoms with van der Waals surface area (Å²) in [7, 11) is 0. The number of carbonyl (C=O) groups excluding carboxylic acids is 1. The second kappa shape index (κ2) is 9.24. The van der Waals surface area contributed by atoms with Crippen LogP contribution in [0.1, 0.15) is 27.0 Å². The molecular formula is C22H15F2N3O2. The van der Waals surface area contributed by atoms with Crippen LogP contribution in [0.4, 0.5) is 8.78 Å². The second-order valence-electron chi connectivity index (χ2n) is 5.92. The smallest absolute Gasteiger partial charge is 0.274 e. The molecule has 144 valence electrons. The van der Waals surface area contributed by atoms with Crippen LogP contribution in [-0.2, 0) is 6.61 Å². The molecule has 0 saturated heterocycles. The second-order valence-corrected chi connectivity index (χ2v) is 5.92. The molecule has 3 aromatic carbocycles. The van der Waals surface area contributed by atoms with Gasteiger partial charge in [0.2, 0.25) is 0 Å². The summed E-state index contributed by atoms with van der Waals surface area (Å²) >= 11 is 0. The van der Waals surface area contributed by atoms with E-state index in [1.807, 2.05) is 0 Å². The Labute approximate surface area is 165 Å². The molecule has 3 aromatic rings. The number of rotatable bonds is 6. The highest BCUT2D eigenvalue weighted by Crippen LogP contribution is 2.18. The summed E-state index contributed by atoms with van der Waals surface area (Å²) in [6, 6.07) is 18.5. The summed E-state index contributed by atoms with van der Waals surface area (Å²) in [5.41, 5.74) is 3.06. The number of nitrogens with zero attached hydrogens (tertiary/aromatic N) is 2. The van der Waals surface area contributed by atoms with Crippen molar-refractivity contribution in [1.29, 1.82) is 5.26 Å². The van der Waals surface area contributed by atoms with E-state index in [-0.39, 0.29) is 23.6 Å². The molecule has 5 nitrogen and oxygen atoms in total. The molecule has 0 bridgehead atoms. The Balaban J connectivity index is 1.67. The van der Waals surface area contributed by atoms with Crippen molar-refractivity contribution in [2.24, 2.45) is 5.10 Å². The molecule has 0 atom stereocenters. The van der Waals surface area contributed by atoms with Crippen molar-refractivity contribution in [2.45, 2.75) is 6.61 Å². The number of hydrogen-bond donors (Lipinski definition) is 1. The summed E-state index contributed by atoms with van der Waals surface area (Å²) in [5, 5.41) is 12.6. The van der Waals surface area contributed by atoms with Gasteiger partial charge < -0.3 is 4.74 Å². The van der Waals surface area contributed by atoms with Crippen LogP contribution < -0.4 is 10.2 Å². The van der Waals surface area contributed by atoms with E-state index < -0.39 is 11.7 Å². The number of amides is 1. The number of para-hydroxylation sites is 1. The van der Waals surface area contributed by atoms with Crippen LogP contribution >= 0.6 is 0 Å². The number of hydrazone groups is 1. The Bertz CT molecular complexity index is 1110. The lowest BCUT2D eigenvalue weighted by Gasteiger charge is -2.09. The van der Waals surface area contributed by atoms with Crippen LogP contribution in [0.3, 0.4) is 0 Å². The summed E-state index contributed by atoms with van der Waals surface area (Å²) < 4.78 is 33.3. The molecule has 1 N–H and O–H groups in total. The fourth-order valence-electron chi connectivity index (χ4n) is 2.48. The molecule has 7 heteroatoms. The number of carbonyl (C=O) groups is 1. The highest BCUT2D eigenvalue weighted by atomic mass is 19.1. The number of ether oxygens (including phenoxy) is 1. The summed E-state index contributed by atoms with van der Waals surface area (Å²) in [6.07, 6.45) is 1.34. The van der Waals surface area contributed by atoms with Gasteiger partial charge in [-0.1, -0.05) is 30.3 Å². The van der Waals surface area contributed by atoms with Crippen LogP contribution in [-0.4, -0.2) is 12.1 Å². The van der Waals surface area contributed by atoms with Gasteiger partial charge in [-0.3, -0.25) is 4.79 Å². The van der Waals surface area contributed by atoms with Gasteiger partial charge in [-0.05, 0) is 36.4 Å². The van der Waals surface area contributed by atoms with Crippen molar-refractivity contribution in [2.75, 3.05) is 0 Å². The predicted octanol–water partition coefficient (Wildman–Crippen LogP) is 4.18. The molecule has 0 unspecified atom stereocenters. The lowest BCUT2D eigenvalue weighted by molar-refractivity contribution is 0.0951. The first kappa shape index (κ1) is 19.7. The van der Waals surface area contributed by atoms with Gasteiger partial charge in [0.05, 0.1) is 23.4 Å². The molecule has 3 rings (SSSR count). The van der Waals surface area contributed by atoms with Gasteiger partial charge in [0, 0.05) is 11.1 Å². The summed E-state index contributed by atoms with van der Waals surface area (Å²) in [6.45, 7) is 0.0281. The van der Waals surface area contributed by atoms with Gasteiger partial charge in [-0.2, -0.15) is 10.4 Å². The van der Waals surface area contributed by atoms with Crippen molar-refractivity contribution in [3.05, 3.63) is 101 Å². The topological polar surface area (TPSA) is 74.5 Å². The molecular weight excluding hydrogens is 376 g/mol. The fourth-order valence-corrected chi connectivity index (χ4v) is 2.48. The first-order valence-corrected chi connectivity index (χ1v) is 8.57. The molecule has 0 fully saturated rings. The molecule has 0 radical (unpaired) electrons. The fraction of sp³-hybridized carbons (Fsp3) is 0.0455. The Morgan fingerprint density at radius 3 is 2.59 bits per heavy atom. The summed E-state index contributed by atoms with van der Waals surface area (Å²) in [5.74, 6) is -1.49. The van der Waals surface area contributed by atoms with Gasteiger partial charge in [0.25, 0.3) is 5.91 Å². The van der Waals surface area contributed by atoms with E-state index in [9.17, 15) is 13.6 Å². The lowest BCUT2D eigenvalue weighted by Crippen LogP contribution is -2.19. The quantitative estimate of drug-likeness (QED) is 0.506. The van der Waals surface area contributed by atoms with Crippen LogP contribution in [0.5, 0.6) is 5.75 Å². The van der Waals surface area contributed by atoms with Gasteiger partial charge in [-0.25, -0.2) is 14.2 Å². The maximum absolute atomic E-state index is 13.9. The van der Waals surface area contributed by atoms with E-state index in [4.69, 9.17) is 10.00 Å². The minimum Gasteiger partial charge on any atom is -0.488 e. The molecule has 0 aliphatic rings. The third-order valence-corrected chi connectivity index (χ3v) is 3.97. The van der Waals surface area contributed by atoms with E-state index in [0.717, 1.165) is 6.07 Å². The SMILES string of the molecule is N#Cc1ccc(C(=O)NN=Cc2ccccc2OCc2ccccc2F)c(F)c1. The average Bonchev–Trinajstić information content (AvgIpc) is 2.73. The van der Waals surface area contributed by atoms with Crippen molar-refractivity contribution >= 4 is 12.1 Å². The molecule has 0 saturated carbocycles. The highest BCUT2D eigenvalue weighted by Gasteiger charge is 2.11. The van der Waals surface area contributed by atoms with E-state index in [1.165, 1.54) is 24.4 Å². The van der Waals surface area contributed by atoms with Crippen molar-refractivity contribution in [3.8, 4) is 11.8 Å². The first-order valence-electron chi connectivity index (χ1n) is 8.57. The van der Waals surface area contributed by atoms with Gasteiger partial charge in [-0.15, -0.1) is 0 Å². The number of nitrogens with one attached hydrogen (secondary N) is 1. The molecule has 0 spiro atoms. The van der Waals surface area contributed by atoms with Crippen molar-refractivity contribution in [1.82, 2.24) is 5.43 Å². The van der Waals surface area contributed by atoms with Crippen LogP contribution in [0, 0.1) is 23.0 Å². The molecule has 1 amide bonds. The zero-order chi connectivity index (χ0) is 20.6. The van der Waals surface area contributed by atoms with Gasteiger partial charge >= 0.3 is 0 Å². The van der Waals surface area contributed by atoms with Gasteiger partial charge in [0.15, 0.2) is 0 Å². The van der Waals surface area contributed by atoms with Crippen molar-refractivity contribution in [3.63, 3.8) is 0 Å². The monoisotopic (exact) mass is 391 g/mol. The van der Waals surface area contributed by atoms with Crippen LogP contribution in [0.25, 0.3) is 0 Å². The third-order valence-electron chi connectivity index (χ3n) is 3.97. The normalized spacial score (nSPS) is 10.5.